The fraction of sp³-hybridized carbons (Fsp3) is 0.625. The van der Waals surface area contributed by atoms with Crippen molar-refractivity contribution >= 4 is 0 Å². The van der Waals surface area contributed by atoms with Gasteiger partial charge in [0, 0.05) is 6.42 Å². The molecule has 0 aromatic heterocycles. The van der Waals surface area contributed by atoms with E-state index in [0.717, 1.165) is 18.4 Å². The fourth-order valence-electron chi connectivity index (χ4n) is 2.40. The van der Waals surface area contributed by atoms with Crippen molar-refractivity contribution in [2.24, 2.45) is 5.92 Å². The maximum absolute atomic E-state index is 10.5. The van der Waals surface area contributed by atoms with Gasteiger partial charge in [0.15, 0.2) is 11.5 Å². The van der Waals surface area contributed by atoms with Crippen LogP contribution in [-0.2, 0) is 6.42 Å². The highest BCUT2D eigenvalue weighted by Gasteiger charge is 2.23. The molecule has 0 heterocycles. The Hall–Kier alpha value is -1.22. The lowest BCUT2D eigenvalue weighted by Crippen LogP contribution is -2.29. The largest absolute Gasteiger partial charge is 0.493 e. The molecular formula is C16H26O3. The molecule has 0 aliphatic rings. The van der Waals surface area contributed by atoms with E-state index >= 15 is 0 Å². The maximum atomic E-state index is 10.5. The number of benzene rings is 1. The van der Waals surface area contributed by atoms with Crippen LogP contribution >= 0.6 is 0 Å². The molecule has 1 aromatic rings. The Balaban J connectivity index is 2.81. The zero-order chi connectivity index (χ0) is 14.5. The average molecular weight is 266 g/mol. The minimum atomic E-state index is -0.685. The molecule has 1 N–H and O–H groups in total. The first-order chi connectivity index (χ1) is 8.91. The molecular weight excluding hydrogens is 240 g/mol. The summed E-state index contributed by atoms with van der Waals surface area (Å²) in [6.07, 6.45) is 2.51. The first-order valence-electron chi connectivity index (χ1n) is 6.85. The van der Waals surface area contributed by atoms with Gasteiger partial charge in [0.2, 0.25) is 0 Å². The predicted octanol–water partition coefficient (Wildman–Crippen LogP) is 3.43. The quantitative estimate of drug-likeness (QED) is 0.821. The van der Waals surface area contributed by atoms with Crippen molar-refractivity contribution < 1.29 is 14.6 Å². The zero-order valence-electron chi connectivity index (χ0n) is 12.7. The van der Waals surface area contributed by atoms with Crippen molar-refractivity contribution in [1.29, 1.82) is 0 Å². The molecule has 0 saturated carbocycles. The molecule has 0 fully saturated rings. The van der Waals surface area contributed by atoms with Crippen LogP contribution in [0.15, 0.2) is 18.2 Å². The molecule has 0 aliphatic carbocycles. The van der Waals surface area contributed by atoms with Gasteiger partial charge in [-0.05, 0) is 37.0 Å². The lowest BCUT2D eigenvalue weighted by Gasteiger charge is -2.26. The molecule has 2 atom stereocenters. The first kappa shape index (κ1) is 15.8. The van der Waals surface area contributed by atoms with Crippen molar-refractivity contribution in [3.05, 3.63) is 23.8 Å². The van der Waals surface area contributed by atoms with E-state index < -0.39 is 5.60 Å². The molecule has 0 amide bonds. The van der Waals surface area contributed by atoms with Gasteiger partial charge in [-0.1, -0.05) is 26.3 Å². The number of ether oxygens (including phenoxy) is 2. The van der Waals surface area contributed by atoms with E-state index in [1.165, 1.54) is 0 Å². The van der Waals surface area contributed by atoms with Gasteiger partial charge in [-0.2, -0.15) is 0 Å². The first-order valence-corrected chi connectivity index (χ1v) is 6.85. The summed E-state index contributed by atoms with van der Waals surface area (Å²) < 4.78 is 10.5. The van der Waals surface area contributed by atoms with Crippen LogP contribution in [0.1, 0.15) is 39.2 Å². The summed E-state index contributed by atoms with van der Waals surface area (Å²) in [5.74, 6) is 1.95. The molecule has 0 bridgehead atoms. The lowest BCUT2D eigenvalue weighted by molar-refractivity contribution is 0.0359. The molecule has 3 nitrogen and oxygen atoms in total. The normalized spacial score (nSPS) is 15.7. The second kappa shape index (κ2) is 6.80. The van der Waals surface area contributed by atoms with E-state index in [2.05, 4.69) is 13.8 Å². The van der Waals surface area contributed by atoms with Gasteiger partial charge in [-0.3, -0.25) is 0 Å². The molecule has 1 rings (SSSR count). The van der Waals surface area contributed by atoms with Crippen LogP contribution in [0.2, 0.25) is 0 Å². The third kappa shape index (κ3) is 4.75. The highest BCUT2D eigenvalue weighted by atomic mass is 16.5. The number of aliphatic hydroxyl groups is 1. The molecule has 0 saturated heterocycles. The third-order valence-electron chi connectivity index (χ3n) is 3.52. The third-order valence-corrected chi connectivity index (χ3v) is 3.52. The van der Waals surface area contributed by atoms with Gasteiger partial charge in [0.1, 0.15) is 0 Å². The molecule has 0 aliphatic heterocycles. The highest BCUT2D eigenvalue weighted by molar-refractivity contribution is 5.43. The van der Waals surface area contributed by atoms with Crippen molar-refractivity contribution in [1.82, 2.24) is 0 Å². The summed E-state index contributed by atoms with van der Waals surface area (Å²) in [7, 11) is 3.25. The van der Waals surface area contributed by atoms with Gasteiger partial charge in [-0.15, -0.1) is 0 Å². The molecule has 1 aromatic carbocycles. The fourth-order valence-corrected chi connectivity index (χ4v) is 2.40. The Morgan fingerprint density at radius 2 is 1.84 bits per heavy atom. The summed E-state index contributed by atoms with van der Waals surface area (Å²) in [6.45, 7) is 6.22. The summed E-state index contributed by atoms with van der Waals surface area (Å²) in [4.78, 5) is 0. The SMILES string of the molecule is CCC(C)CC(C)(O)Cc1ccc(OC)c(OC)c1. The Kier molecular flexibility index (Phi) is 5.67. The van der Waals surface area contributed by atoms with E-state index in [-0.39, 0.29) is 0 Å². The Morgan fingerprint density at radius 3 is 2.37 bits per heavy atom. The second-order valence-electron chi connectivity index (χ2n) is 5.58. The summed E-state index contributed by atoms with van der Waals surface area (Å²) in [5, 5.41) is 10.5. The van der Waals surface area contributed by atoms with Crippen molar-refractivity contribution in [3.63, 3.8) is 0 Å². The Labute approximate surface area is 116 Å². The maximum Gasteiger partial charge on any atom is 0.160 e. The standard InChI is InChI=1S/C16H26O3/c1-6-12(2)10-16(3,17)11-13-7-8-14(18-4)15(9-13)19-5/h7-9,12,17H,6,10-11H2,1-5H3. The molecule has 0 radical (unpaired) electrons. The molecule has 108 valence electrons. The van der Waals surface area contributed by atoms with Gasteiger partial charge in [-0.25, -0.2) is 0 Å². The van der Waals surface area contributed by atoms with E-state index in [9.17, 15) is 5.11 Å². The van der Waals surface area contributed by atoms with E-state index in [4.69, 9.17) is 9.47 Å². The summed E-state index contributed by atoms with van der Waals surface area (Å²) >= 11 is 0. The smallest absolute Gasteiger partial charge is 0.160 e. The topological polar surface area (TPSA) is 38.7 Å². The van der Waals surface area contributed by atoms with E-state index in [1.54, 1.807) is 14.2 Å². The minimum absolute atomic E-state index is 0.523. The van der Waals surface area contributed by atoms with Gasteiger partial charge >= 0.3 is 0 Å². The number of rotatable bonds is 7. The zero-order valence-corrected chi connectivity index (χ0v) is 12.7. The van der Waals surface area contributed by atoms with Crippen LogP contribution < -0.4 is 9.47 Å². The van der Waals surface area contributed by atoms with Crippen LogP contribution in [0.5, 0.6) is 11.5 Å². The van der Waals surface area contributed by atoms with Crippen LogP contribution in [0.3, 0.4) is 0 Å². The summed E-state index contributed by atoms with van der Waals surface area (Å²) in [5.41, 5.74) is 0.376. The minimum Gasteiger partial charge on any atom is -0.493 e. The monoisotopic (exact) mass is 266 g/mol. The number of methoxy groups -OCH3 is 2. The number of hydrogen-bond donors (Lipinski definition) is 1. The molecule has 19 heavy (non-hydrogen) atoms. The second-order valence-corrected chi connectivity index (χ2v) is 5.58. The predicted molar refractivity (Wildman–Crippen MR) is 77.9 cm³/mol. The van der Waals surface area contributed by atoms with Gasteiger partial charge in [0.25, 0.3) is 0 Å². The molecule has 3 heteroatoms. The van der Waals surface area contributed by atoms with Crippen LogP contribution in [0.4, 0.5) is 0 Å². The van der Waals surface area contributed by atoms with E-state index in [0.29, 0.717) is 23.8 Å². The Morgan fingerprint density at radius 1 is 1.21 bits per heavy atom. The van der Waals surface area contributed by atoms with Crippen LogP contribution in [0.25, 0.3) is 0 Å². The Bertz CT molecular complexity index is 399. The van der Waals surface area contributed by atoms with Crippen LogP contribution in [0, 0.1) is 5.92 Å². The van der Waals surface area contributed by atoms with Gasteiger partial charge < -0.3 is 14.6 Å². The number of hydrogen-bond acceptors (Lipinski definition) is 3. The van der Waals surface area contributed by atoms with Crippen LogP contribution in [-0.4, -0.2) is 24.9 Å². The van der Waals surface area contributed by atoms with Crippen molar-refractivity contribution in [2.45, 2.75) is 45.6 Å². The van der Waals surface area contributed by atoms with Crippen molar-refractivity contribution in [3.8, 4) is 11.5 Å². The van der Waals surface area contributed by atoms with Crippen molar-refractivity contribution in [2.75, 3.05) is 14.2 Å². The van der Waals surface area contributed by atoms with Gasteiger partial charge in [0.05, 0.1) is 19.8 Å². The molecule has 2 unspecified atom stereocenters. The average Bonchev–Trinajstić information content (AvgIpc) is 2.37. The molecule has 0 spiro atoms. The lowest BCUT2D eigenvalue weighted by atomic mass is 9.86. The van der Waals surface area contributed by atoms with E-state index in [1.807, 2.05) is 25.1 Å². The highest BCUT2D eigenvalue weighted by Crippen LogP contribution is 2.30. The summed E-state index contributed by atoms with van der Waals surface area (Å²) in [6, 6.07) is 5.80.